The molecule has 9 heteroatoms. The van der Waals surface area contributed by atoms with Crippen molar-refractivity contribution in [3.8, 4) is 5.75 Å². The number of rotatable bonds is 7. The fraction of sp³-hybridized carbons (Fsp3) is 0.136. The maximum absolute atomic E-state index is 13.0. The third-order valence-electron chi connectivity index (χ3n) is 4.51. The minimum absolute atomic E-state index is 0.0216. The highest BCUT2D eigenvalue weighted by Gasteiger charge is 2.23. The van der Waals surface area contributed by atoms with E-state index in [0.29, 0.717) is 16.3 Å². The molecule has 31 heavy (non-hydrogen) atoms. The Kier molecular flexibility index (Phi) is 7.10. The van der Waals surface area contributed by atoms with Gasteiger partial charge in [0, 0.05) is 11.6 Å². The number of halogens is 2. The van der Waals surface area contributed by atoms with Crippen LogP contribution < -0.4 is 14.8 Å². The number of ether oxygens (including phenoxy) is 1. The molecule has 6 nitrogen and oxygen atoms in total. The molecule has 3 aromatic carbocycles. The molecule has 2 N–H and O–H groups in total. The van der Waals surface area contributed by atoms with E-state index in [1.807, 2.05) is 30.3 Å². The number of benzene rings is 3. The first-order valence-electron chi connectivity index (χ1n) is 9.20. The van der Waals surface area contributed by atoms with Crippen molar-refractivity contribution in [2.45, 2.75) is 18.4 Å². The molecule has 0 aromatic heterocycles. The SMILES string of the molecule is COc1ccc(NS(=O)(=O)c2cc(C)c(Cl)cc2Cl)c(C(=O)NCc2ccccc2)c1. The summed E-state index contributed by atoms with van der Waals surface area (Å²) >= 11 is 12.1. The van der Waals surface area contributed by atoms with Gasteiger partial charge < -0.3 is 10.1 Å². The Morgan fingerprint density at radius 2 is 1.71 bits per heavy atom. The number of nitrogens with one attached hydrogen (secondary N) is 2. The van der Waals surface area contributed by atoms with Crippen LogP contribution in [0.3, 0.4) is 0 Å². The Morgan fingerprint density at radius 1 is 1.00 bits per heavy atom. The first-order chi connectivity index (χ1) is 14.7. The maximum atomic E-state index is 13.0. The normalized spacial score (nSPS) is 11.1. The predicted molar refractivity (Wildman–Crippen MR) is 123 cm³/mol. The highest BCUT2D eigenvalue weighted by molar-refractivity contribution is 7.92. The van der Waals surface area contributed by atoms with Gasteiger partial charge in [0.2, 0.25) is 0 Å². The molecule has 0 heterocycles. The highest BCUT2D eigenvalue weighted by Crippen LogP contribution is 2.31. The van der Waals surface area contributed by atoms with Crippen molar-refractivity contribution in [2.24, 2.45) is 0 Å². The number of carbonyl (C=O) groups excluding carboxylic acids is 1. The quantitative estimate of drug-likeness (QED) is 0.497. The average molecular weight is 479 g/mol. The van der Waals surface area contributed by atoms with Crippen molar-refractivity contribution in [1.29, 1.82) is 0 Å². The lowest BCUT2D eigenvalue weighted by atomic mass is 10.1. The second-order valence-electron chi connectivity index (χ2n) is 6.72. The molecule has 0 bridgehead atoms. The van der Waals surface area contributed by atoms with Crippen molar-refractivity contribution in [3.05, 3.63) is 87.4 Å². The summed E-state index contributed by atoms with van der Waals surface area (Å²) in [5.41, 5.74) is 1.67. The molecule has 3 aromatic rings. The van der Waals surface area contributed by atoms with E-state index in [-0.39, 0.29) is 27.7 Å². The summed E-state index contributed by atoms with van der Waals surface area (Å²) in [5.74, 6) is -0.0491. The first-order valence-corrected chi connectivity index (χ1v) is 11.4. The Morgan fingerprint density at radius 3 is 2.39 bits per heavy atom. The van der Waals surface area contributed by atoms with E-state index in [4.69, 9.17) is 27.9 Å². The summed E-state index contributed by atoms with van der Waals surface area (Å²) in [5, 5.41) is 3.12. The summed E-state index contributed by atoms with van der Waals surface area (Å²) in [4.78, 5) is 12.7. The van der Waals surface area contributed by atoms with Crippen molar-refractivity contribution in [1.82, 2.24) is 5.32 Å². The molecule has 1 amide bonds. The van der Waals surface area contributed by atoms with Gasteiger partial charge in [0.1, 0.15) is 10.6 Å². The Hall–Kier alpha value is -2.74. The van der Waals surface area contributed by atoms with E-state index < -0.39 is 15.9 Å². The number of amides is 1. The number of anilines is 1. The number of carbonyl (C=O) groups is 1. The van der Waals surface area contributed by atoms with Crippen LogP contribution in [-0.4, -0.2) is 21.4 Å². The van der Waals surface area contributed by atoms with Crippen LogP contribution >= 0.6 is 23.2 Å². The van der Waals surface area contributed by atoms with Crippen molar-refractivity contribution >= 4 is 44.8 Å². The lowest BCUT2D eigenvalue weighted by Crippen LogP contribution is -2.25. The van der Waals surface area contributed by atoms with Crippen LogP contribution in [-0.2, 0) is 16.6 Å². The zero-order valence-electron chi connectivity index (χ0n) is 16.8. The Balaban J connectivity index is 1.92. The molecule has 0 saturated carbocycles. The number of methoxy groups -OCH3 is 1. The molecule has 0 unspecified atom stereocenters. The van der Waals surface area contributed by atoms with E-state index in [2.05, 4.69) is 10.0 Å². The summed E-state index contributed by atoms with van der Waals surface area (Å²) in [7, 11) is -2.63. The highest BCUT2D eigenvalue weighted by atomic mass is 35.5. The van der Waals surface area contributed by atoms with E-state index in [1.165, 1.54) is 31.4 Å². The lowest BCUT2D eigenvalue weighted by Gasteiger charge is -2.15. The van der Waals surface area contributed by atoms with Gasteiger partial charge in [-0.2, -0.15) is 0 Å². The fourth-order valence-electron chi connectivity index (χ4n) is 2.84. The summed E-state index contributed by atoms with van der Waals surface area (Å²) < 4.78 is 33.6. The molecule has 0 spiro atoms. The van der Waals surface area contributed by atoms with Gasteiger partial charge in [-0.25, -0.2) is 8.42 Å². The summed E-state index contributed by atoms with van der Waals surface area (Å²) in [6.07, 6.45) is 0. The van der Waals surface area contributed by atoms with Gasteiger partial charge in [-0.1, -0.05) is 53.5 Å². The molecule has 3 rings (SSSR count). The number of sulfonamides is 1. The van der Waals surface area contributed by atoms with Crippen LogP contribution in [0.15, 0.2) is 65.6 Å². The zero-order valence-corrected chi connectivity index (χ0v) is 19.1. The Bertz CT molecular complexity index is 1220. The van der Waals surface area contributed by atoms with Crippen LogP contribution in [0.4, 0.5) is 5.69 Å². The van der Waals surface area contributed by atoms with Gasteiger partial charge in [0.25, 0.3) is 15.9 Å². The van der Waals surface area contributed by atoms with Gasteiger partial charge in [0.05, 0.1) is 23.4 Å². The number of hydrogen-bond acceptors (Lipinski definition) is 4. The third-order valence-corrected chi connectivity index (χ3v) is 6.75. The molecule has 0 aliphatic rings. The smallest absolute Gasteiger partial charge is 0.263 e. The number of hydrogen-bond donors (Lipinski definition) is 2. The van der Waals surface area contributed by atoms with Crippen molar-refractivity contribution in [2.75, 3.05) is 11.8 Å². The van der Waals surface area contributed by atoms with Gasteiger partial charge in [-0.3, -0.25) is 9.52 Å². The predicted octanol–water partition coefficient (Wildman–Crippen LogP) is 5.04. The molecule has 162 valence electrons. The first kappa shape index (κ1) is 22.9. The molecule has 0 atom stereocenters. The molecule has 0 radical (unpaired) electrons. The standard InChI is InChI=1S/C22H20Cl2N2O4S/c1-14-10-21(19(24)12-18(14)23)31(28,29)26-20-9-8-16(30-2)11-17(20)22(27)25-13-15-6-4-3-5-7-15/h3-12,26H,13H2,1-2H3,(H,25,27). The number of aryl methyl sites for hydroxylation is 1. The van der Waals surface area contributed by atoms with Crippen molar-refractivity contribution < 1.29 is 17.9 Å². The lowest BCUT2D eigenvalue weighted by molar-refractivity contribution is 0.0951. The van der Waals surface area contributed by atoms with Gasteiger partial charge in [-0.05, 0) is 48.4 Å². The fourth-order valence-corrected chi connectivity index (χ4v) is 4.75. The van der Waals surface area contributed by atoms with Gasteiger partial charge in [0.15, 0.2) is 0 Å². The minimum Gasteiger partial charge on any atom is -0.497 e. The molecule has 0 fully saturated rings. The van der Waals surface area contributed by atoms with Crippen LogP contribution in [0.2, 0.25) is 10.0 Å². The summed E-state index contributed by atoms with van der Waals surface area (Å²) in [6, 6.07) is 16.6. The van der Waals surface area contributed by atoms with Gasteiger partial charge in [-0.15, -0.1) is 0 Å². The van der Waals surface area contributed by atoms with Crippen LogP contribution in [0.1, 0.15) is 21.5 Å². The topological polar surface area (TPSA) is 84.5 Å². The molecular formula is C22H20Cl2N2O4S. The van der Waals surface area contributed by atoms with Gasteiger partial charge >= 0.3 is 0 Å². The molecule has 0 aliphatic carbocycles. The van der Waals surface area contributed by atoms with Crippen LogP contribution in [0, 0.1) is 6.92 Å². The Labute approximate surface area is 191 Å². The largest absolute Gasteiger partial charge is 0.497 e. The third kappa shape index (κ3) is 5.50. The maximum Gasteiger partial charge on any atom is 0.263 e. The van der Waals surface area contributed by atoms with E-state index in [9.17, 15) is 13.2 Å². The van der Waals surface area contributed by atoms with E-state index in [1.54, 1.807) is 13.0 Å². The monoisotopic (exact) mass is 478 g/mol. The zero-order chi connectivity index (χ0) is 22.6. The van der Waals surface area contributed by atoms with Crippen molar-refractivity contribution in [3.63, 3.8) is 0 Å². The molecule has 0 aliphatic heterocycles. The minimum atomic E-state index is -4.09. The van der Waals surface area contributed by atoms with E-state index >= 15 is 0 Å². The summed E-state index contributed by atoms with van der Waals surface area (Å²) in [6.45, 7) is 1.96. The average Bonchev–Trinajstić information content (AvgIpc) is 2.75. The second-order valence-corrected chi connectivity index (χ2v) is 9.18. The van der Waals surface area contributed by atoms with Crippen LogP contribution in [0.5, 0.6) is 5.75 Å². The molecular weight excluding hydrogens is 459 g/mol. The molecule has 0 saturated heterocycles. The van der Waals surface area contributed by atoms with Crippen LogP contribution in [0.25, 0.3) is 0 Å². The van der Waals surface area contributed by atoms with E-state index in [0.717, 1.165) is 5.56 Å². The second kappa shape index (κ2) is 9.60.